The first-order valence-corrected chi connectivity index (χ1v) is 11.8. The molecule has 7 rings (SSSR count). The maximum atomic E-state index is 14.5. The van der Waals surface area contributed by atoms with Gasteiger partial charge in [-0.05, 0) is 42.5 Å². The van der Waals surface area contributed by atoms with Crippen LogP contribution in [0.15, 0.2) is 36.7 Å². The van der Waals surface area contributed by atoms with E-state index in [2.05, 4.69) is 25.2 Å². The molecule has 0 bridgehead atoms. The average molecular weight is 473 g/mol. The van der Waals surface area contributed by atoms with E-state index in [0.717, 1.165) is 52.7 Å². The van der Waals surface area contributed by atoms with Gasteiger partial charge in [-0.15, -0.1) is 0 Å². The van der Waals surface area contributed by atoms with Crippen LogP contribution in [-0.4, -0.2) is 50.7 Å². The molecule has 1 aromatic carbocycles. The van der Waals surface area contributed by atoms with E-state index in [1.807, 2.05) is 29.9 Å². The maximum Gasteiger partial charge on any atom is 0.326 e. The van der Waals surface area contributed by atoms with Crippen molar-refractivity contribution in [3.05, 3.63) is 42.5 Å². The molecule has 5 heterocycles. The standard InChI is InChI=1S/C25H25FN8O/c1-28-19-8-14(26)7-16-20-22(30-21(16)19)31-25(32-24(20)34-10-13-6-18(27)17(13)11-34)35-15-5-12-3-4-33(2)23(12)29-9-15/h3-5,7-9,13,17-18,28H,6,10-11,27H2,1-2H3,(H,30,31,32). The largest absolute Gasteiger partial charge is 0.423 e. The van der Waals surface area contributed by atoms with Gasteiger partial charge in [0, 0.05) is 50.2 Å². The summed E-state index contributed by atoms with van der Waals surface area (Å²) in [6.45, 7) is 1.68. The number of rotatable bonds is 4. The Labute approximate surface area is 200 Å². The Balaban J connectivity index is 1.39. The smallest absolute Gasteiger partial charge is 0.326 e. The third-order valence-corrected chi connectivity index (χ3v) is 7.56. The molecule has 2 aliphatic rings. The van der Waals surface area contributed by atoms with Crippen molar-refractivity contribution in [2.75, 3.05) is 30.4 Å². The van der Waals surface area contributed by atoms with Crippen LogP contribution in [0.2, 0.25) is 0 Å². The van der Waals surface area contributed by atoms with E-state index in [0.29, 0.717) is 28.9 Å². The fraction of sp³-hybridized carbons (Fsp3) is 0.320. The number of aryl methyl sites for hydroxylation is 1. The molecule has 35 heavy (non-hydrogen) atoms. The molecule has 3 unspecified atom stereocenters. The van der Waals surface area contributed by atoms with Gasteiger partial charge in [0.05, 0.1) is 22.8 Å². The van der Waals surface area contributed by atoms with Gasteiger partial charge in [0.15, 0.2) is 0 Å². The third-order valence-electron chi connectivity index (χ3n) is 7.56. The fourth-order valence-electron chi connectivity index (χ4n) is 5.72. The second-order valence-corrected chi connectivity index (χ2v) is 9.65. The minimum atomic E-state index is -0.320. The molecule has 4 N–H and O–H groups in total. The summed E-state index contributed by atoms with van der Waals surface area (Å²) in [5.74, 6) is 1.97. The molecule has 4 aromatic heterocycles. The third kappa shape index (κ3) is 3.06. The van der Waals surface area contributed by atoms with E-state index in [1.165, 1.54) is 12.1 Å². The topological polar surface area (TPSA) is 110 Å². The van der Waals surface area contributed by atoms with Crippen LogP contribution < -0.4 is 20.7 Å². The number of hydrogen-bond acceptors (Lipinski definition) is 7. The number of nitrogens with two attached hydrogens (primary N) is 1. The molecular weight excluding hydrogens is 447 g/mol. The predicted molar refractivity (Wildman–Crippen MR) is 133 cm³/mol. The number of aromatic nitrogens is 5. The van der Waals surface area contributed by atoms with Gasteiger partial charge in [-0.3, -0.25) is 0 Å². The SMILES string of the molecule is CNc1cc(F)cc2c1[nH]c1nc(Oc3cnc4c(ccn4C)c3)nc(N3CC4CC(N)C4C3)c12. The van der Waals surface area contributed by atoms with Crippen molar-refractivity contribution < 1.29 is 9.13 Å². The Kier molecular flexibility index (Phi) is 4.26. The molecule has 1 saturated heterocycles. The molecule has 3 atom stereocenters. The number of anilines is 2. The van der Waals surface area contributed by atoms with E-state index >= 15 is 0 Å². The average Bonchev–Trinajstić information content (AvgIpc) is 3.51. The van der Waals surface area contributed by atoms with Gasteiger partial charge in [-0.25, -0.2) is 9.37 Å². The Morgan fingerprint density at radius 3 is 2.91 bits per heavy atom. The summed E-state index contributed by atoms with van der Waals surface area (Å²) in [6.07, 6.45) is 4.65. The molecule has 1 aliphatic carbocycles. The molecule has 10 heteroatoms. The Morgan fingerprint density at radius 2 is 2.11 bits per heavy atom. The zero-order valence-corrected chi connectivity index (χ0v) is 19.4. The normalized spacial score (nSPS) is 21.6. The highest BCUT2D eigenvalue weighted by Gasteiger charge is 2.46. The molecular formula is C25H25FN8O. The van der Waals surface area contributed by atoms with Crippen molar-refractivity contribution in [2.24, 2.45) is 24.6 Å². The molecule has 178 valence electrons. The molecule has 1 aliphatic heterocycles. The number of benzene rings is 1. The monoisotopic (exact) mass is 472 g/mol. The van der Waals surface area contributed by atoms with Crippen LogP contribution in [0.25, 0.3) is 33.0 Å². The number of ether oxygens (including phenoxy) is 1. The van der Waals surface area contributed by atoms with Gasteiger partial charge in [0.1, 0.15) is 28.7 Å². The van der Waals surface area contributed by atoms with E-state index in [9.17, 15) is 4.39 Å². The van der Waals surface area contributed by atoms with Gasteiger partial charge >= 0.3 is 6.01 Å². The van der Waals surface area contributed by atoms with Crippen LogP contribution in [0, 0.1) is 17.7 Å². The minimum absolute atomic E-state index is 0.214. The van der Waals surface area contributed by atoms with Crippen molar-refractivity contribution in [1.82, 2.24) is 24.5 Å². The lowest BCUT2D eigenvalue weighted by Gasteiger charge is -2.36. The van der Waals surface area contributed by atoms with Crippen LogP contribution >= 0.6 is 0 Å². The number of nitrogens with zero attached hydrogens (tertiary/aromatic N) is 5. The van der Waals surface area contributed by atoms with Crippen LogP contribution in [0.4, 0.5) is 15.9 Å². The van der Waals surface area contributed by atoms with Crippen molar-refractivity contribution in [3.63, 3.8) is 0 Å². The summed E-state index contributed by atoms with van der Waals surface area (Å²) in [6, 6.07) is 7.35. The molecule has 0 radical (unpaired) electrons. The lowest BCUT2D eigenvalue weighted by atomic mass is 9.72. The summed E-state index contributed by atoms with van der Waals surface area (Å²) in [5, 5.41) is 5.57. The number of pyridine rings is 1. The number of nitrogens with one attached hydrogen (secondary N) is 2. The highest BCUT2D eigenvalue weighted by atomic mass is 19.1. The van der Waals surface area contributed by atoms with Crippen LogP contribution in [-0.2, 0) is 7.05 Å². The first kappa shape index (κ1) is 20.5. The second kappa shape index (κ2) is 7.29. The fourth-order valence-corrected chi connectivity index (χ4v) is 5.72. The van der Waals surface area contributed by atoms with Crippen LogP contribution in [0.3, 0.4) is 0 Å². The molecule has 1 saturated carbocycles. The van der Waals surface area contributed by atoms with E-state index < -0.39 is 0 Å². The summed E-state index contributed by atoms with van der Waals surface area (Å²) in [4.78, 5) is 19.6. The van der Waals surface area contributed by atoms with Crippen molar-refractivity contribution in [3.8, 4) is 11.8 Å². The van der Waals surface area contributed by atoms with Gasteiger partial charge in [-0.1, -0.05) is 0 Å². The minimum Gasteiger partial charge on any atom is -0.423 e. The maximum absolute atomic E-state index is 14.5. The molecule has 2 fully saturated rings. The van der Waals surface area contributed by atoms with Gasteiger partial charge in [0.25, 0.3) is 0 Å². The number of halogens is 1. The van der Waals surface area contributed by atoms with E-state index in [1.54, 1.807) is 13.2 Å². The van der Waals surface area contributed by atoms with Crippen LogP contribution in [0.5, 0.6) is 11.8 Å². The van der Waals surface area contributed by atoms with Gasteiger partial charge < -0.3 is 30.2 Å². The first-order chi connectivity index (χ1) is 17.0. The molecule has 0 amide bonds. The predicted octanol–water partition coefficient (Wildman–Crippen LogP) is 3.75. The number of fused-ring (bicyclic) bond motifs is 5. The number of H-pyrrole nitrogens is 1. The first-order valence-electron chi connectivity index (χ1n) is 11.8. The molecule has 9 nitrogen and oxygen atoms in total. The summed E-state index contributed by atoms with van der Waals surface area (Å²) in [5.41, 5.74) is 9.18. The van der Waals surface area contributed by atoms with Crippen molar-refractivity contribution in [1.29, 1.82) is 0 Å². The number of hydrogen-bond donors (Lipinski definition) is 3. The lowest BCUT2D eigenvalue weighted by Crippen LogP contribution is -2.46. The molecule has 5 aromatic rings. The van der Waals surface area contributed by atoms with E-state index in [-0.39, 0.29) is 17.9 Å². The summed E-state index contributed by atoms with van der Waals surface area (Å²) >= 11 is 0. The molecule has 0 spiro atoms. The van der Waals surface area contributed by atoms with Gasteiger partial charge in [-0.2, -0.15) is 9.97 Å². The zero-order valence-electron chi connectivity index (χ0n) is 19.4. The lowest BCUT2D eigenvalue weighted by molar-refractivity contribution is 0.194. The highest BCUT2D eigenvalue weighted by molar-refractivity contribution is 6.14. The number of aromatic amines is 1. The Bertz CT molecular complexity index is 1620. The van der Waals surface area contributed by atoms with Crippen LogP contribution in [0.1, 0.15) is 6.42 Å². The van der Waals surface area contributed by atoms with E-state index in [4.69, 9.17) is 15.5 Å². The van der Waals surface area contributed by atoms with Crippen molar-refractivity contribution >= 4 is 44.5 Å². The summed E-state index contributed by atoms with van der Waals surface area (Å²) < 4.78 is 22.6. The Hall–Kier alpha value is -3.92. The highest BCUT2D eigenvalue weighted by Crippen LogP contribution is 2.44. The van der Waals surface area contributed by atoms with Gasteiger partial charge in [0.2, 0.25) is 0 Å². The Morgan fingerprint density at radius 1 is 1.23 bits per heavy atom. The quantitative estimate of drug-likeness (QED) is 0.365. The zero-order chi connectivity index (χ0) is 23.8. The van der Waals surface area contributed by atoms with Crippen molar-refractivity contribution in [2.45, 2.75) is 12.5 Å². The second-order valence-electron chi connectivity index (χ2n) is 9.65. The summed E-state index contributed by atoms with van der Waals surface area (Å²) in [7, 11) is 3.72.